The lowest BCUT2D eigenvalue weighted by Gasteiger charge is -2.30. The van der Waals surface area contributed by atoms with Gasteiger partial charge in [-0.2, -0.15) is 0 Å². The standard InChI is InChI=1S/C39H72N2O2/c1-7-10-13-16-19-22-29-36(28-21-17-14-11-8-2)35-38(43-39(42)32-25-27-34-41(5)6)37(30-23-18-15-12-9-3)31-24-20-26-33-40-4/h14-20,26,36-38,40H,7-13,21-25,27-35H2,1-6H3/b17-14-,18-15-,19-16-,26-20-. The number of esters is 1. The van der Waals surface area contributed by atoms with E-state index in [1.807, 2.05) is 7.05 Å². The highest BCUT2D eigenvalue weighted by atomic mass is 16.5. The van der Waals surface area contributed by atoms with Crippen LogP contribution in [0.1, 0.15) is 143 Å². The molecule has 0 amide bonds. The molecule has 0 rings (SSSR count). The number of ether oxygens (including phenoxy) is 1. The highest BCUT2D eigenvalue weighted by Crippen LogP contribution is 2.31. The van der Waals surface area contributed by atoms with Gasteiger partial charge >= 0.3 is 5.97 Å². The van der Waals surface area contributed by atoms with E-state index in [2.05, 4.69) is 93.7 Å². The Bertz CT molecular complexity index is 705. The van der Waals surface area contributed by atoms with E-state index in [-0.39, 0.29) is 12.1 Å². The molecular formula is C39H72N2O2. The van der Waals surface area contributed by atoms with Gasteiger partial charge in [-0.15, -0.1) is 0 Å². The largest absolute Gasteiger partial charge is 0.462 e. The number of allylic oxidation sites excluding steroid dienone is 7. The summed E-state index contributed by atoms with van der Waals surface area (Å²) in [5.41, 5.74) is 0. The predicted octanol–water partition coefficient (Wildman–Crippen LogP) is 10.6. The van der Waals surface area contributed by atoms with Crippen LogP contribution in [0.5, 0.6) is 0 Å². The van der Waals surface area contributed by atoms with E-state index in [0.29, 0.717) is 18.3 Å². The van der Waals surface area contributed by atoms with Crippen molar-refractivity contribution in [2.45, 2.75) is 149 Å². The van der Waals surface area contributed by atoms with Gasteiger partial charge in [0.2, 0.25) is 0 Å². The second-order valence-electron chi connectivity index (χ2n) is 12.6. The Morgan fingerprint density at radius 2 is 1.21 bits per heavy atom. The van der Waals surface area contributed by atoms with Gasteiger partial charge in [-0.1, -0.05) is 95.1 Å². The molecule has 0 aliphatic heterocycles. The molecule has 0 aromatic heterocycles. The van der Waals surface area contributed by atoms with Crippen molar-refractivity contribution >= 4 is 5.97 Å². The van der Waals surface area contributed by atoms with Crippen LogP contribution in [-0.2, 0) is 9.53 Å². The lowest BCUT2D eigenvalue weighted by molar-refractivity contribution is -0.153. The molecule has 1 N–H and O–H groups in total. The summed E-state index contributed by atoms with van der Waals surface area (Å²) in [6.45, 7) is 8.64. The summed E-state index contributed by atoms with van der Waals surface area (Å²) in [5.74, 6) is 0.947. The average molecular weight is 601 g/mol. The van der Waals surface area contributed by atoms with Gasteiger partial charge in [-0.05, 0) is 129 Å². The van der Waals surface area contributed by atoms with Gasteiger partial charge in [0.1, 0.15) is 6.10 Å². The molecule has 0 aromatic rings. The molecule has 4 heteroatoms. The van der Waals surface area contributed by atoms with Crippen LogP contribution >= 0.6 is 0 Å². The van der Waals surface area contributed by atoms with Crippen LogP contribution in [0.25, 0.3) is 0 Å². The minimum atomic E-state index is -0.00711. The number of carbonyl (C=O) groups excluding carboxylic acids is 1. The first-order valence-electron chi connectivity index (χ1n) is 18.1. The van der Waals surface area contributed by atoms with Gasteiger partial charge in [0.05, 0.1) is 0 Å². The zero-order valence-corrected chi connectivity index (χ0v) is 29.5. The van der Waals surface area contributed by atoms with E-state index >= 15 is 0 Å². The van der Waals surface area contributed by atoms with Crippen LogP contribution in [0, 0.1) is 11.8 Å². The molecule has 0 fully saturated rings. The molecule has 0 bridgehead atoms. The van der Waals surface area contributed by atoms with Crippen molar-refractivity contribution in [2.24, 2.45) is 11.8 Å². The van der Waals surface area contributed by atoms with Crippen molar-refractivity contribution < 1.29 is 9.53 Å². The Balaban J connectivity index is 5.78. The molecule has 3 atom stereocenters. The third kappa shape index (κ3) is 27.6. The number of nitrogens with one attached hydrogen (secondary N) is 1. The maximum Gasteiger partial charge on any atom is 0.306 e. The molecule has 43 heavy (non-hydrogen) atoms. The molecule has 0 aromatic carbocycles. The molecule has 4 nitrogen and oxygen atoms in total. The molecule has 0 saturated carbocycles. The van der Waals surface area contributed by atoms with E-state index in [4.69, 9.17) is 4.74 Å². The molecule has 3 unspecified atom stereocenters. The maximum absolute atomic E-state index is 13.2. The molecule has 250 valence electrons. The van der Waals surface area contributed by atoms with E-state index in [1.54, 1.807) is 0 Å². The molecule has 0 spiro atoms. The Kier molecular flexibility index (Phi) is 30.5. The van der Waals surface area contributed by atoms with Crippen LogP contribution in [0.15, 0.2) is 48.6 Å². The normalized spacial score (nSPS) is 14.6. The lowest BCUT2D eigenvalue weighted by Crippen LogP contribution is -2.30. The molecule has 0 saturated heterocycles. The topological polar surface area (TPSA) is 41.6 Å². The quantitative estimate of drug-likeness (QED) is 0.0506. The van der Waals surface area contributed by atoms with Gasteiger partial charge in [-0.25, -0.2) is 0 Å². The minimum Gasteiger partial charge on any atom is -0.462 e. The summed E-state index contributed by atoms with van der Waals surface area (Å²) in [7, 11) is 6.17. The van der Waals surface area contributed by atoms with Gasteiger partial charge in [0, 0.05) is 13.0 Å². The van der Waals surface area contributed by atoms with Crippen molar-refractivity contribution in [3.05, 3.63) is 48.6 Å². The van der Waals surface area contributed by atoms with E-state index in [9.17, 15) is 4.79 Å². The smallest absolute Gasteiger partial charge is 0.306 e. The van der Waals surface area contributed by atoms with Crippen LogP contribution in [-0.4, -0.2) is 51.2 Å². The van der Waals surface area contributed by atoms with E-state index < -0.39 is 0 Å². The summed E-state index contributed by atoms with van der Waals surface area (Å²) >= 11 is 0. The fraction of sp³-hybridized carbons (Fsp3) is 0.769. The van der Waals surface area contributed by atoms with Crippen LogP contribution in [0.2, 0.25) is 0 Å². The third-order valence-electron chi connectivity index (χ3n) is 8.13. The number of rotatable bonds is 30. The van der Waals surface area contributed by atoms with E-state index in [1.165, 1.54) is 44.9 Å². The lowest BCUT2D eigenvalue weighted by atomic mass is 9.83. The van der Waals surface area contributed by atoms with Gasteiger partial charge < -0.3 is 15.0 Å². The summed E-state index contributed by atoms with van der Waals surface area (Å²) < 4.78 is 6.46. The number of hydrogen-bond donors (Lipinski definition) is 1. The average Bonchev–Trinajstić information content (AvgIpc) is 2.99. The minimum absolute atomic E-state index is 0.00191. The SMILES string of the molecule is CCC/C=C\CCC(CC/C=C\CCCC)CC(OC(=O)CCCCN(C)C)C(CC/C=C\CCC)CC/C=C\CNC. The first kappa shape index (κ1) is 41.4. The fourth-order valence-corrected chi connectivity index (χ4v) is 5.45. The second-order valence-corrected chi connectivity index (χ2v) is 12.6. The van der Waals surface area contributed by atoms with Crippen molar-refractivity contribution in [3.63, 3.8) is 0 Å². The summed E-state index contributed by atoms with van der Waals surface area (Å²) in [5, 5.41) is 3.20. The van der Waals surface area contributed by atoms with Crippen LogP contribution in [0.3, 0.4) is 0 Å². The molecule has 0 aliphatic rings. The maximum atomic E-state index is 13.2. The van der Waals surface area contributed by atoms with Crippen LogP contribution in [0.4, 0.5) is 0 Å². The summed E-state index contributed by atoms with van der Waals surface area (Å²) in [6.07, 6.45) is 39.3. The predicted molar refractivity (Wildman–Crippen MR) is 191 cm³/mol. The first-order chi connectivity index (χ1) is 21.0. The van der Waals surface area contributed by atoms with Crippen molar-refractivity contribution in [2.75, 3.05) is 34.2 Å². The Morgan fingerprint density at radius 1 is 0.674 bits per heavy atom. The molecule has 0 radical (unpaired) electrons. The highest BCUT2D eigenvalue weighted by molar-refractivity contribution is 5.69. The van der Waals surface area contributed by atoms with Crippen molar-refractivity contribution in [1.29, 1.82) is 0 Å². The summed E-state index contributed by atoms with van der Waals surface area (Å²) in [6, 6.07) is 0. The second kappa shape index (κ2) is 31.8. The first-order valence-corrected chi connectivity index (χ1v) is 18.1. The molecule has 0 heterocycles. The van der Waals surface area contributed by atoms with Gasteiger partial charge in [0.15, 0.2) is 0 Å². The van der Waals surface area contributed by atoms with E-state index in [0.717, 1.165) is 83.7 Å². The number of unbranched alkanes of at least 4 members (excludes halogenated alkanes) is 5. The van der Waals surface area contributed by atoms with Crippen LogP contribution < -0.4 is 5.32 Å². The number of nitrogens with zero attached hydrogens (tertiary/aromatic N) is 1. The van der Waals surface area contributed by atoms with Crippen molar-refractivity contribution in [3.8, 4) is 0 Å². The Hall–Kier alpha value is -1.65. The number of likely N-dealkylation sites (N-methyl/N-ethyl adjacent to an activating group) is 1. The zero-order chi connectivity index (χ0) is 31.8. The van der Waals surface area contributed by atoms with Gasteiger partial charge in [0.25, 0.3) is 0 Å². The van der Waals surface area contributed by atoms with Crippen molar-refractivity contribution in [1.82, 2.24) is 10.2 Å². The highest BCUT2D eigenvalue weighted by Gasteiger charge is 2.27. The fourth-order valence-electron chi connectivity index (χ4n) is 5.45. The zero-order valence-electron chi connectivity index (χ0n) is 29.5. The Morgan fingerprint density at radius 3 is 1.74 bits per heavy atom. The number of carbonyl (C=O) groups is 1. The third-order valence-corrected chi connectivity index (χ3v) is 8.13. The van der Waals surface area contributed by atoms with Gasteiger partial charge in [-0.3, -0.25) is 4.79 Å². The Labute approximate surface area is 268 Å². The monoisotopic (exact) mass is 601 g/mol. The molecular weight excluding hydrogens is 528 g/mol. The summed E-state index contributed by atoms with van der Waals surface area (Å²) in [4.78, 5) is 15.4. The molecule has 0 aliphatic carbocycles. The number of hydrogen-bond acceptors (Lipinski definition) is 4.